The topological polar surface area (TPSA) is 58.4 Å². The van der Waals surface area contributed by atoms with Crippen molar-refractivity contribution in [1.82, 2.24) is 4.90 Å². The Morgan fingerprint density at radius 3 is 2.81 bits per heavy atom. The van der Waals surface area contributed by atoms with Crippen molar-refractivity contribution in [2.45, 2.75) is 19.8 Å². The van der Waals surface area contributed by atoms with Gasteiger partial charge in [-0.1, -0.05) is 18.8 Å². The van der Waals surface area contributed by atoms with Gasteiger partial charge in [0.25, 0.3) is 0 Å². The molecule has 1 aliphatic rings. The lowest BCUT2D eigenvalue weighted by atomic mass is 10.00. The van der Waals surface area contributed by atoms with Crippen LogP contribution in [0.4, 0.5) is 14.9 Å². The van der Waals surface area contributed by atoms with Gasteiger partial charge in [0.05, 0.1) is 12.1 Å². The van der Waals surface area contributed by atoms with Gasteiger partial charge in [0.2, 0.25) is 0 Å². The third-order valence-corrected chi connectivity index (χ3v) is 3.62. The van der Waals surface area contributed by atoms with Crippen LogP contribution in [-0.2, 0) is 0 Å². The molecule has 1 heterocycles. The number of carbonyl (C=O) groups is 1. The van der Waals surface area contributed by atoms with E-state index in [0.717, 1.165) is 25.9 Å². The third-order valence-electron chi connectivity index (χ3n) is 3.62. The van der Waals surface area contributed by atoms with Gasteiger partial charge >= 0.3 is 6.03 Å². The molecular formula is C16H20FN3O. The lowest BCUT2D eigenvalue weighted by Crippen LogP contribution is -2.40. The number of carbonyl (C=O) groups excluding carboxylic acids is 1. The average Bonchev–Trinajstić information content (AvgIpc) is 2.47. The highest BCUT2D eigenvalue weighted by molar-refractivity contribution is 5.89. The second-order valence-electron chi connectivity index (χ2n) is 5.30. The predicted octanol–water partition coefficient (Wildman–Crippen LogP) is 2.40. The third kappa shape index (κ3) is 4.20. The van der Waals surface area contributed by atoms with Gasteiger partial charge in [-0.15, -0.1) is 0 Å². The van der Waals surface area contributed by atoms with Gasteiger partial charge in [-0.2, -0.15) is 0 Å². The van der Waals surface area contributed by atoms with E-state index in [1.54, 1.807) is 17.0 Å². The van der Waals surface area contributed by atoms with Gasteiger partial charge in [0.1, 0.15) is 5.82 Å². The summed E-state index contributed by atoms with van der Waals surface area (Å²) in [6.07, 6.45) is 2.02. The summed E-state index contributed by atoms with van der Waals surface area (Å²) in [7, 11) is 0. The Balaban J connectivity index is 1.99. The fourth-order valence-corrected chi connectivity index (χ4v) is 2.25. The van der Waals surface area contributed by atoms with E-state index in [1.165, 1.54) is 6.07 Å². The summed E-state index contributed by atoms with van der Waals surface area (Å²) in [6.45, 7) is 3.86. The van der Waals surface area contributed by atoms with Crippen LogP contribution in [0.1, 0.15) is 25.3 Å². The van der Waals surface area contributed by atoms with Crippen molar-refractivity contribution in [2.75, 3.05) is 25.0 Å². The molecule has 0 spiro atoms. The highest BCUT2D eigenvalue weighted by Crippen LogP contribution is 2.18. The Morgan fingerprint density at radius 2 is 2.19 bits per heavy atom. The molecule has 112 valence electrons. The van der Waals surface area contributed by atoms with Crippen LogP contribution in [0.25, 0.3) is 0 Å². The maximum atomic E-state index is 13.8. The summed E-state index contributed by atoms with van der Waals surface area (Å²) in [6, 6.07) is 4.30. The summed E-state index contributed by atoms with van der Waals surface area (Å²) in [5.74, 6) is 5.45. The largest absolute Gasteiger partial charge is 0.325 e. The first-order chi connectivity index (χ1) is 10.1. The van der Waals surface area contributed by atoms with Crippen LogP contribution < -0.4 is 11.1 Å². The number of urea groups is 1. The summed E-state index contributed by atoms with van der Waals surface area (Å²) < 4.78 is 13.8. The van der Waals surface area contributed by atoms with E-state index in [9.17, 15) is 9.18 Å². The number of rotatable bonds is 1. The molecule has 3 N–H and O–H groups in total. The quantitative estimate of drug-likeness (QED) is 0.780. The maximum absolute atomic E-state index is 13.8. The fraction of sp³-hybridized carbons (Fsp3) is 0.438. The molecule has 1 saturated heterocycles. The number of likely N-dealkylation sites (tertiary alicyclic amines) is 1. The van der Waals surface area contributed by atoms with Gasteiger partial charge in [-0.3, -0.25) is 0 Å². The highest BCUT2D eigenvalue weighted by atomic mass is 19.1. The molecule has 0 radical (unpaired) electrons. The lowest BCUT2D eigenvalue weighted by molar-refractivity contribution is 0.186. The lowest BCUT2D eigenvalue weighted by Gasteiger charge is -2.30. The predicted molar refractivity (Wildman–Crippen MR) is 81.3 cm³/mol. The normalized spacial score (nSPS) is 15.3. The summed E-state index contributed by atoms with van der Waals surface area (Å²) in [5.41, 5.74) is 5.98. The number of nitrogens with zero attached hydrogens (tertiary/aromatic N) is 1. The second kappa shape index (κ2) is 7.09. The molecule has 0 bridgehead atoms. The van der Waals surface area contributed by atoms with Gasteiger partial charge in [-0.05, 0) is 37.0 Å². The summed E-state index contributed by atoms with van der Waals surface area (Å²) in [5, 5.41) is 2.72. The van der Waals surface area contributed by atoms with Crippen LogP contribution >= 0.6 is 0 Å². The van der Waals surface area contributed by atoms with Gasteiger partial charge in [0.15, 0.2) is 0 Å². The molecule has 4 nitrogen and oxygen atoms in total. The van der Waals surface area contributed by atoms with Crippen molar-refractivity contribution >= 4 is 11.7 Å². The first-order valence-electron chi connectivity index (χ1n) is 7.14. The maximum Gasteiger partial charge on any atom is 0.321 e. The smallest absolute Gasteiger partial charge is 0.321 e. The number of benzene rings is 1. The zero-order valence-corrected chi connectivity index (χ0v) is 12.2. The van der Waals surface area contributed by atoms with Crippen molar-refractivity contribution in [3.8, 4) is 11.8 Å². The van der Waals surface area contributed by atoms with Crippen LogP contribution in [0.15, 0.2) is 18.2 Å². The number of amides is 2. The van der Waals surface area contributed by atoms with Gasteiger partial charge < -0.3 is 16.0 Å². The van der Waals surface area contributed by atoms with Gasteiger partial charge in [-0.25, -0.2) is 9.18 Å². The number of halogens is 1. The fourth-order valence-electron chi connectivity index (χ4n) is 2.25. The van der Waals surface area contributed by atoms with Crippen molar-refractivity contribution in [1.29, 1.82) is 0 Å². The molecule has 0 saturated carbocycles. The molecule has 0 unspecified atom stereocenters. The molecule has 1 aliphatic heterocycles. The molecule has 0 atom stereocenters. The Labute approximate surface area is 124 Å². The number of nitrogens with two attached hydrogens (primary N) is 1. The zero-order chi connectivity index (χ0) is 15.2. The molecule has 21 heavy (non-hydrogen) atoms. The van der Waals surface area contributed by atoms with E-state index < -0.39 is 5.82 Å². The summed E-state index contributed by atoms with van der Waals surface area (Å²) >= 11 is 0. The Hall–Kier alpha value is -2.06. The number of hydrogen-bond donors (Lipinski definition) is 2. The molecule has 2 amide bonds. The van der Waals surface area contributed by atoms with E-state index in [0.29, 0.717) is 11.6 Å². The van der Waals surface area contributed by atoms with Crippen LogP contribution in [0.2, 0.25) is 0 Å². The van der Waals surface area contributed by atoms with Crippen LogP contribution in [0.3, 0.4) is 0 Å². The van der Waals surface area contributed by atoms with E-state index in [-0.39, 0.29) is 18.1 Å². The monoisotopic (exact) mass is 289 g/mol. The summed E-state index contributed by atoms with van der Waals surface area (Å²) in [4.78, 5) is 13.9. The van der Waals surface area contributed by atoms with Crippen molar-refractivity contribution < 1.29 is 9.18 Å². The number of piperidine rings is 1. The minimum atomic E-state index is -0.457. The van der Waals surface area contributed by atoms with Crippen LogP contribution in [-0.4, -0.2) is 30.6 Å². The molecule has 1 aromatic carbocycles. The molecule has 2 rings (SSSR count). The van der Waals surface area contributed by atoms with Crippen molar-refractivity contribution in [3.05, 3.63) is 29.6 Å². The molecule has 0 aromatic heterocycles. The SMILES string of the molecule is CC1CCN(C(=O)Nc2ccc(C#CCN)c(F)c2)CC1. The molecule has 5 heteroatoms. The molecule has 0 aliphatic carbocycles. The highest BCUT2D eigenvalue weighted by Gasteiger charge is 2.20. The Bertz CT molecular complexity index is 569. The van der Waals surface area contributed by atoms with E-state index in [2.05, 4.69) is 24.1 Å². The first kappa shape index (κ1) is 15.3. The zero-order valence-electron chi connectivity index (χ0n) is 12.2. The molecule has 1 fully saturated rings. The van der Waals surface area contributed by atoms with E-state index in [4.69, 9.17) is 5.73 Å². The standard InChI is InChI=1S/C16H20FN3O/c1-12-6-9-20(10-7-12)16(21)19-14-5-4-13(3-2-8-18)15(17)11-14/h4-5,11-12H,6-10,18H2,1H3,(H,19,21). The molecule has 1 aromatic rings. The minimum absolute atomic E-state index is 0.179. The molecular weight excluding hydrogens is 269 g/mol. The minimum Gasteiger partial charge on any atom is -0.325 e. The van der Waals surface area contributed by atoms with Crippen molar-refractivity contribution in [3.63, 3.8) is 0 Å². The second-order valence-corrected chi connectivity index (χ2v) is 5.30. The number of anilines is 1. The Morgan fingerprint density at radius 1 is 1.48 bits per heavy atom. The van der Waals surface area contributed by atoms with Gasteiger partial charge in [0, 0.05) is 18.8 Å². The van der Waals surface area contributed by atoms with Crippen LogP contribution in [0, 0.1) is 23.6 Å². The van der Waals surface area contributed by atoms with E-state index >= 15 is 0 Å². The van der Waals surface area contributed by atoms with Crippen LogP contribution in [0.5, 0.6) is 0 Å². The first-order valence-corrected chi connectivity index (χ1v) is 7.14. The van der Waals surface area contributed by atoms with Crippen molar-refractivity contribution in [2.24, 2.45) is 11.7 Å². The number of hydrogen-bond acceptors (Lipinski definition) is 2. The number of nitrogens with one attached hydrogen (secondary N) is 1. The van der Waals surface area contributed by atoms with E-state index in [1.807, 2.05) is 0 Å². The Kier molecular flexibility index (Phi) is 5.18. The average molecular weight is 289 g/mol.